The normalized spacial score (nSPS) is 14.5. The van der Waals surface area contributed by atoms with E-state index in [-0.39, 0.29) is 0 Å². The molecule has 1 aromatic carbocycles. The van der Waals surface area contributed by atoms with Crippen LogP contribution in [0, 0.1) is 0 Å². The fourth-order valence-electron chi connectivity index (χ4n) is 2.58. The molecule has 0 spiro atoms. The van der Waals surface area contributed by atoms with Crippen LogP contribution < -0.4 is 0 Å². The molecule has 0 aliphatic heterocycles. The summed E-state index contributed by atoms with van der Waals surface area (Å²) < 4.78 is 40.1. The van der Waals surface area contributed by atoms with Gasteiger partial charge in [0.25, 0.3) is 0 Å². The van der Waals surface area contributed by atoms with E-state index >= 15 is 0 Å². The average Bonchev–Trinajstić information content (AvgIpc) is 2.89. The first-order chi connectivity index (χ1) is 9.99. The molecule has 0 amide bonds. The number of hydrogen-bond donors (Lipinski definition) is 0. The third kappa shape index (κ3) is 2.51. The number of carbonyl (C=O) groups excluding carboxylic acids is 1. The van der Waals surface area contributed by atoms with Crippen molar-refractivity contribution >= 4 is 12.4 Å². The number of aldehydes is 1. The van der Waals surface area contributed by atoms with Crippen LogP contribution in [0.2, 0.25) is 0 Å². The van der Waals surface area contributed by atoms with E-state index in [0.717, 1.165) is 29.7 Å². The van der Waals surface area contributed by atoms with Gasteiger partial charge in [0.05, 0.1) is 5.56 Å². The van der Waals surface area contributed by atoms with Crippen molar-refractivity contribution in [1.82, 2.24) is 4.57 Å². The Kier molecular flexibility index (Phi) is 3.20. The zero-order chi connectivity index (χ0) is 15.0. The van der Waals surface area contributed by atoms with E-state index in [1.807, 2.05) is 6.07 Å². The van der Waals surface area contributed by atoms with Crippen molar-refractivity contribution < 1.29 is 18.0 Å². The fraction of sp³-hybridized carbons (Fsp3) is 0.188. The molecule has 0 unspecified atom stereocenters. The summed E-state index contributed by atoms with van der Waals surface area (Å²) in [6.07, 6.45) is 1.25. The monoisotopic (exact) mass is 291 g/mol. The van der Waals surface area contributed by atoms with Crippen LogP contribution in [0.1, 0.15) is 23.2 Å². The van der Waals surface area contributed by atoms with E-state index in [4.69, 9.17) is 0 Å². The smallest absolute Gasteiger partial charge is 0.320 e. The van der Waals surface area contributed by atoms with Gasteiger partial charge in [0.1, 0.15) is 6.29 Å². The number of fused-ring (bicyclic) bond motifs is 1. The number of alkyl halides is 3. The summed E-state index contributed by atoms with van der Waals surface area (Å²) in [7, 11) is 0. The van der Waals surface area contributed by atoms with E-state index in [1.165, 1.54) is 6.07 Å². The molecular formula is C16H12F3NO. The first kappa shape index (κ1) is 13.7. The maximum atomic E-state index is 12.8. The van der Waals surface area contributed by atoms with Crippen molar-refractivity contribution in [3.63, 3.8) is 0 Å². The maximum Gasteiger partial charge on any atom is 0.416 e. The van der Waals surface area contributed by atoms with Gasteiger partial charge < -0.3 is 4.57 Å². The zero-order valence-corrected chi connectivity index (χ0v) is 11.0. The number of nitrogens with zero attached hydrogens (tertiary/aromatic N) is 1. The molecule has 3 rings (SSSR count). The molecule has 0 saturated heterocycles. The van der Waals surface area contributed by atoms with Crippen LogP contribution in [0.25, 0.3) is 11.8 Å². The van der Waals surface area contributed by atoms with Gasteiger partial charge in [0.2, 0.25) is 0 Å². The summed E-state index contributed by atoms with van der Waals surface area (Å²) in [4.78, 5) is 10.8. The molecule has 0 radical (unpaired) electrons. The Balaban J connectivity index is 2.06. The van der Waals surface area contributed by atoms with Crippen molar-refractivity contribution in [3.05, 3.63) is 58.9 Å². The van der Waals surface area contributed by atoms with Gasteiger partial charge in [0, 0.05) is 17.6 Å². The Morgan fingerprint density at radius 1 is 1.14 bits per heavy atom. The minimum atomic E-state index is -4.35. The predicted octanol–water partition coefficient (Wildman–Crippen LogP) is 4.02. The second-order valence-electron chi connectivity index (χ2n) is 4.97. The van der Waals surface area contributed by atoms with Gasteiger partial charge >= 0.3 is 6.18 Å². The number of halogens is 3. The number of hydrogen-bond acceptors (Lipinski definition) is 1. The molecule has 1 heterocycles. The Bertz CT molecular complexity index is 725. The quantitative estimate of drug-likeness (QED) is 0.766. The van der Waals surface area contributed by atoms with E-state index in [9.17, 15) is 18.0 Å². The Morgan fingerprint density at radius 3 is 2.67 bits per heavy atom. The molecule has 0 atom stereocenters. The van der Waals surface area contributed by atoms with Crippen LogP contribution in [0.3, 0.4) is 0 Å². The van der Waals surface area contributed by atoms with Crippen LogP contribution >= 0.6 is 0 Å². The molecule has 0 bridgehead atoms. The number of benzene rings is 1. The topological polar surface area (TPSA) is 22.0 Å². The Hall–Kier alpha value is -2.30. The van der Waals surface area contributed by atoms with Gasteiger partial charge in [-0.05, 0) is 54.3 Å². The second kappa shape index (κ2) is 4.91. The SMILES string of the molecule is O=CC1=Cc2ccn(-c3cccc(C(F)(F)F)c3)c2CC1. The van der Waals surface area contributed by atoms with Crippen molar-refractivity contribution in [2.24, 2.45) is 0 Å². The van der Waals surface area contributed by atoms with Gasteiger partial charge in [-0.15, -0.1) is 0 Å². The summed E-state index contributed by atoms with van der Waals surface area (Å²) in [6.45, 7) is 0. The lowest BCUT2D eigenvalue weighted by molar-refractivity contribution is -0.137. The lowest BCUT2D eigenvalue weighted by Crippen LogP contribution is -2.08. The van der Waals surface area contributed by atoms with Crippen LogP contribution in [-0.4, -0.2) is 10.9 Å². The summed E-state index contributed by atoms with van der Waals surface area (Å²) in [5.41, 5.74) is 2.35. The van der Waals surface area contributed by atoms with Crippen LogP contribution in [0.4, 0.5) is 13.2 Å². The van der Waals surface area contributed by atoms with E-state index in [2.05, 4.69) is 0 Å². The van der Waals surface area contributed by atoms with Crippen molar-refractivity contribution in [3.8, 4) is 5.69 Å². The highest BCUT2D eigenvalue weighted by molar-refractivity contribution is 5.83. The third-order valence-corrected chi connectivity index (χ3v) is 3.62. The molecular weight excluding hydrogens is 279 g/mol. The lowest BCUT2D eigenvalue weighted by Gasteiger charge is -2.15. The highest BCUT2D eigenvalue weighted by Gasteiger charge is 2.30. The summed E-state index contributed by atoms with van der Waals surface area (Å²) >= 11 is 0. The van der Waals surface area contributed by atoms with Crippen LogP contribution in [0.5, 0.6) is 0 Å². The number of allylic oxidation sites excluding steroid dienone is 1. The van der Waals surface area contributed by atoms with Gasteiger partial charge in [0.15, 0.2) is 0 Å². The Morgan fingerprint density at radius 2 is 1.95 bits per heavy atom. The first-order valence-electron chi connectivity index (χ1n) is 6.52. The molecule has 1 aromatic heterocycles. The number of rotatable bonds is 2. The molecule has 2 nitrogen and oxygen atoms in total. The second-order valence-corrected chi connectivity index (χ2v) is 4.97. The molecule has 108 valence electrons. The van der Waals surface area contributed by atoms with E-state index in [0.29, 0.717) is 24.1 Å². The highest BCUT2D eigenvalue weighted by Crippen LogP contribution is 2.32. The van der Waals surface area contributed by atoms with Gasteiger partial charge in [-0.2, -0.15) is 13.2 Å². The standard InChI is InChI=1S/C16H12F3NO/c17-16(18,19)13-2-1-3-14(9-13)20-7-6-12-8-11(10-21)4-5-15(12)20/h1-3,6-10H,4-5H2. The lowest BCUT2D eigenvalue weighted by atomic mass is 9.98. The van der Waals surface area contributed by atoms with E-state index in [1.54, 1.807) is 22.9 Å². The minimum Gasteiger partial charge on any atom is -0.320 e. The first-order valence-corrected chi connectivity index (χ1v) is 6.52. The largest absolute Gasteiger partial charge is 0.416 e. The van der Waals surface area contributed by atoms with Crippen molar-refractivity contribution in [2.75, 3.05) is 0 Å². The predicted molar refractivity (Wildman–Crippen MR) is 73.1 cm³/mol. The third-order valence-electron chi connectivity index (χ3n) is 3.62. The number of aromatic nitrogens is 1. The molecule has 0 saturated carbocycles. The Labute approximate surface area is 119 Å². The summed E-state index contributed by atoms with van der Waals surface area (Å²) in [5.74, 6) is 0. The molecule has 1 aliphatic carbocycles. The van der Waals surface area contributed by atoms with Crippen molar-refractivity contribution in [2.45, 2.75) is 19.0 Å². The molecule has 0 fully saturated rings. The van der Waals surface area contributed by atoms with Crippen LogP contribution in [-0.2, 0) is 17.4 Å². The zero-order valence-electron chi connectivity index (χ0n) is 11.0. The van der Waals surface area contributed by atoms with Crippen LogP contribution in [0.15, 0.2) is 42.1 Å². The van der Waals surface area contributed by atoms with E-state index < -0.39 is 11.7 Å². The minimum absolute atomic E-state index is 0.481. The molecule has 5 heteroatoms. The van der Waals surface area contributed by atoms with Gasteiger partial charge in [-0.25, -0.2) is 0 Å². The molecule has 0 N–H and O–H groups in total. The molecule has 1 aliphatic rings. The summed E-state index contributed by atoms with van der Waals surface area (Å²) in [5, 5.41) is 0. The highest BCUT2D eigenvalue weighted by atomic mass is 19.4. The van der Waals surface area contributed by atoms with Gasteiger partial charge in [-0.1, -0.05) is 6.07 Å². The fourth-order valence-corrected chi connectivity index (χ4v) is 2.58. The molecule has 21 heavy (non-hydrogen) atoms. The van der Waals surface area contributed by atoms with Crippen molar-refractivity contribution in [1.29, 1.82) is 0 Å². The maximum absolute atomic E-state index is 12.8. The molecule has 2 aromatic rings. The summed E-state index contributed by atoms with van der Waals surface area (Å²) in [6, 6.07) is 7.07. The number of carbonyl (C=O) groups is 1. The average molecular weight is 291 g/mol. The van der Waals surface area contributed by atoms with Gasteiger partial charge in [-0.3, -0.25) is 4.79 Å².